The Morgan fingerprint density at radius 2 is 2.13 bits per heavy atom. The molecule has 0 aliphatic rings. The average Bonchev–Trinajstić information content (AvgIpc) is 2.08. The largest absolute Gasteiger partial charge is 0.481 e. The first kappa shape index (κ1) is 11.5. The van der Waals surface area contributed by atoms with Crippen molar-refractivity contribution in [3.05, 3.63) is 29.0 Å². The third kappa shape index (κ3) is 3.55. The number of benzene rings is 1. The van der Waals surface area contributed by atoms with Crippen LogP contribution in [0.4, 0.5) is 10.1 Å². The zero-order chi connectivity index (χ0) is 11.4. The number of aliphatic carboxylic acids is 1. The van der Waals surface area contributed by atoms with Gasteiger partial charge >= 0.3 is 5.97 Å². The van der Waals surface area contributed by atoms with E-state index in [1.807, 2.05) is 0 Å². The van der Waals surface area contributed by atoms with Crippen molar-refractivity contribution in [2.45, 2.75) is 6.42 Å². The van der Waals surface area contributed by atoms with Gasteiger partial charge in [-0.1, -0.05) is 11.6 Å². The SMILES string of the molecule is O=C(O)CC(=O)Nc1ccc(F)cc1Cl. The molecule has 1 aromatic rings. The Balaban J connectivity index is 2.72. The molecule has 0 saturated heterocycles. The van der Waals surface area contributed by atoms with Crippen molar-refractivity contribution in [1.29, 1.82) is 0 Å². The first-order chi connectivity index (χ1) is 6.99. The van der Waals surface area contributed by atoms with Crippen LogP contribution in [0, 0.1) is 5.82 Å². The molecule has 0 spiro atoms. The van der Waals surface area contributed by atoms with E-state index >= 15 is 0 Å². The van der Waals surface area contributed by atoms with Gasteiger partial charge in [0.25, 0.3) is 0 Å². The lowest BCUT2D eigenvalue weighted by Gasteiger charge is -2.05. The number of halogens is 2. The second kappa shape index (κ2) is 4.75. The molecule has 2 N–H and O–H groups in total. The molecule has 15 heavy (non-hydrogen) atoms. The monoisotopic (exact) mass is 231 g/mol. The van der Waals surface area contributed by atoms with Gasteiger partial charge in [-0.25, -0.2) is 4.39 Å². The molecule has 0 radical (unpaired) electrons. The van der Waals surface area contributed by atoms with Gasteiger partial charge < -0.3 is 10.4 Å². The Morgan fingerprint density at radius 1 is 1.47 bits per heavy atom. The van der Waals surface area contributed by atoms with Gasteiger partial charge in [-0.05, 0) is 18.2 Å². The highest BCUT2D eigenvalue weighted by atomic mass is 35.5. The summed E-state index contributed by atoms with van der Waals surface area (Å²) in [6, 6.07) is 3.40. The van der Waals surface area contributed by atoms with Gasteiger partial charge in [0.2, 0.25) is 5.91 Å². The first-order valence-corrected chi connectivity index (χ1v) is 4.33. The standard InChI is InChI=1S/C9H7ClFNO3/c10-6-3-5(11)1-2-7(6)12-8(13)4-9(14)15/h1-3H,4H2,(H,12,13)(H,14,15). The van der Waals surface area contributed by atoms with Gasteiger partial charge in [0.15, 0.2) is 0 Å². The number of anilines is 1. The molecule has 0 saturated carbocycles. The van der Waals surface area contributed by atoms with Crippen molar-refractivity contribution >= 4 is 29.2 Å². The molecule has 0 unspecified atom stereocenters. The highest BCUT2D eigenvalue weighted by Crippen LogP contribution is 2.22. The number of hydrogen-bond donors (Lipinski definition) is 2. The van der Waals surface area contributed by atoms with Crippen LogP contribution in [0.15, 0.2) is 18.2 Å². The molecule has 1 rings (SSSR count). The summed E-state index contributed by atoms with van der Waals surface area (Å²) in [4.78, 5) is 21.2. The van der Waals surface area contributed by atoms with Crippen LogP contribution in [0.25, 0.3) is 0 Å². The molecule has 0 atom stereocenters. The topological polar surface area (TPSA) is 66.4 Å². The molecule has 0 aliphatic heterocycles. The van der Waals surface area contributed by atoms with Crippen molar-refractivity contribution in [1.82, 2.24) is 0 Å². The summed E-state index contributed by atoms with van der Waals surface area (Å²) in [6.45, 7) is 0. The zero-order valence-electron chi connectivity index (χ0n) is 7.46. The third-order valence-electron chi connectivity index (χ3n) is 1.52. The van der Waals surface area contributed by atoms with E-state index in [4.69, 9.17) is 16.7 Å². The minimum atomic E-state index is -1.24. The van der Waals surface area contributed by atoms with Crippen molar-refractivity contribution in [2.75, 3.05) is 5.32 Å². The lowest BCUT2D eigenvalue weighted by molar-refractivity contribution is -0.139. The normalized spacial score (nSPS) is 9.73. The van der Waals surface area contributed by atoms with Crippen LogP contribution >= 0.6 is 11.6 Å². The van der Waals surface area contributed by atoms with Gasteiger partial charge in [-0.15, -0.1) is 0 Å². The van der Waals surface area contributed by atoms with Crippen LogP contribution in [0.2, 0.25) is 5.02 Å². The summed E-state index contributed by atoms with van der Waals surface area (Å²) in [5.41, 5.74) is 0.185. The molecular formula is C9H7ClFNO3. The molecule has 1 aromatic carbocycles. The van der Waals surface area contributed by atoms with Crippen LogP contribution in [-0.4, -0.2) is 17.0 Å². The highest BCUT2D eigenvalue weighted by Gasteiger charge is 2.09. The molecule has 6 heteroatoms. The van der Waals surface area contributed by atoms with Gasteiger partial charge in [0.1, 0.15) is 12.2 Å². The van der Waals surface area contributed by atoms with Gasteiger partial charge in [0, 0.05) is 0 Å². The van der Waals surface area contributed by atoms with Crippen LogP contribution in [0.5, 0.6) is 0 Å². The van der Waals surface area contributed by atoms with Crippen LogP contribution in [0.1, 0.15) is 6.42 Å². The van der Waals surface area contributed by atoms with E-state index in [1.54, 1.807) is 0 Å². The van der Waals surface area contributed by atoms with Crippen molar-refractivity contribution in [3.8, 4) is 0 Å². The molecule has 4 nitrogen and oxygen atoms in total. The number of carbonyl (C=O) groups excluding carboxylic acids is 1. The Morgan fingerprint density at radius 3 is 2.67 bits per heavy atom. The number of carbonyl (C=O) groups is 2. The molecule has 0 heterocycles. The smallest absolute Gasteiger partial charge is 0.312 e. The fourth-order valence-corrected chi connectivity index (χ4v) is 1.14. The Bertz CT molecular complexity index is 408. The fraction of sp³-hybridized carbons (Fsp3) is 0.111. The fourth-order valence-electron chi connectivity index (χ4n) is 0.923. The van der Waals surface area contributed by atoms with Crippen molar-refractivity contribution in [2.24, 2.45) is 0 Å². The van der Waals surface area contributed by atoms with E-state index in [2.05, 4.69) is 5.32 Å². The summed E-state index contributed by atoms with van der Waals surface area (Å²) in [5, 5.41) is 10.6. The Kier molecular flexibility index (Phi) is 3.62. The van der Waals surface area contributed by atoms with Crippen LogP contribution < -0.4 is 5.32 Å². The number of nitrogens with one attached hydrogen (secondary N) is 1. The van der Waals surface area contributed by atoms with E-state index in [1.165, 1.54) is 6.07 Å². The second-order valence-corrected chi connectivity index (χ2v) is 3.15. The Hall–Kier alpha value is -1.62. The lowest BCUT2D eigenvalue weighted by atomic mass is 10.3. The van der Waals surface area contributed by atoms with E-state index < -0.39 is 24.1 Å². The lowest BCUT2D eigenvalue weighted by Crippen LogP contribution is -2.16. The Labute approximate surface area is 89.7 Å². The minimum absolute atomic E-state index is 0.0220. The zero-order valence-corrected chi connectivity index (χ0v) is 8.21. The molecule has 0 bridgehead atoms. The summed E-state index contributed by atoms with van der Waals surface area (Å²) in [6.07, 6.45) is -0.659. The minimum Gasteiger partial charge on any atom is -0.481 e. The maximum atomic E-state index is 12.6. The molecule has 1 amide bonds. The predicted molar refractivity (Wildman–Crippen MR) is 52.3 cm³/mol. The van der Waals surface area contributed by atoms with E-state index in [0.29, 0.717) is 0 Å². The first-order valence-electron chi connectivity index (χ1n) is 3.95. The number of carboxylic acids is 1. The second-order valence-electron chi connectivity index (χ2n) is 2.74. The van der Waals surface area contributed by atoms with Crippen LogP contribution in [-0.2, 0) is 9.59 Å². The van der Waals surface area contributed by atoms with E-state index in [-0.39, 0.29) is 10.7 Å². The summed E-state index contributed by atoms with van der Waals surface area (Å²) in [7, 11) is 0. The van der Waals surface area contributed by atoms with E-state index in [9.17, 15) is 14.0 Å². The predicted octanol–water partition coefficient (Wildman–Crippen LogP) is 1.89. The van der Waals surface area contributed by atoms with Crippen molar-refractivity contribution in [3.63, 3.8) is 0 Å². The van der Waals surface area contributed by atoms with E-state index in [0.717, 1.165) is 12.1 Å². The maximum absolute atomic E-state index is 12.6. The number of hydrogen-bond acceptors (Lipinski definition) is 2. The molecule has 0 aliphatic carbocycles. The van der Waals surface area contributed by atoms with Gasteiger partial charge in [-0.3, -0.25) is 9.59 Å². The summed E-state index contributed by atoms with van der Waals surface area (Å²) < 4.78 is 12.6. The van der Waals surface area contributed by atoms with Gasteiger partial charge in [-0.2, -0.15) is 0 Å². The molecular weight excluding hydrogens is 225 g/mol. The average molecular weight is 232 g/mol. The maximum Gasteiger partial charge on any atom is 0.312 e. The molecule has 0 aromatic heterocycles. The van der Waals surface area contributed by atoms with Gasteiger partial charge in [0.05, 0.1) is 10.7 Å². The number of carboxylic acid groups (broad SMARTS) is 1. The number of amides is 1. The summed E-state index contributed by atoms with van der Waals surface area (Å²) in [5.74, 6) is -2.49. The van der Waals surface area contributed by atoms with Crippen LogP contribution in [0.3, 0.4) is 0 Å². The van der Waals surface area contributed by atoms with Crippen molar-refractivity contribution < 1.29 is 19.1 Å². The molecule has 0 fully saturated rings. The quantitative estimate of drug-likeness (QED) is 0.781. The highest BCUT2D eigenvalue weighted by molar-refractivity contribution is 6.33. The molecule has 80 valence electrons. The third-order valence-corrected chi connectivity index (χ3v) is 1.83. The number of rotatable bonds is 3. The summed E-state index contributed by atoms with van der Waals surface area (Å²) >= 11 is 5.61.